The molecule has 0 aliphatic rings. The third-order valence-corrected chi connectivity index (χ3v) is 4.74. The Balaban J connectivity index is 1.92. The minimum absolute atomic E-state index is 0.0944. The summed E-state index contributed by atoms with van der Waals surface area (Å²) < 4.78 is 35.6. The number of alkyl halides is 2. The third kappa shape index (κ3) is 6.34. The van der Waals surface area contributed by atoms with Crippen LogP contribution in [0.5, 0.6) is 11.5 Å². The summed E-state index contributed by atoms with van der Waals surface area (Å²) in [7, 11) is 3.15. The summed E-state index contributed by atoms with van der Waals surface area (Å²) in [5, 5.41) is 6.25. The van der Waals surface area contributed by atoms with Crippen molar-refractivity contribution in [3.05, 3.63) is 45.1 Å². The average Bonchev–Trinajstić information content (AvgIpc) is 3.03. The van der Waals surface area contributed by atoms with E-state index in [0.717, 1.165) is 10.8 Å². The molecule has 2 rings (SSSR count). The Hall–Kier alpha value is -2.06. The van der Waals surface area contributed by atoms with Crippen LogP contribution in [-0.2, 0) is 13.0 Å². The molecular formula is C17H20ClF2N3O2S. The van der Waals surface area contributed by atoms with Crippen LogP contribution in [0.1, 0.15) is 10.4 Å². The average molecular weight is 404 g/mol. The number of hydrogen-bond donors (Lipinski definition) is 2. The van der Waals surface area contributed by atoms with Gasteiger partial charge in [-0.1, -0.05) is 11.6 Å². The molecule has 0 saturated heterocycles. The zero-order chi connectivity index (χ0) is 18.9. The number of hydrogen-bond acceptors (Lipinski definition) is 4. The van der Waals surface area contributed by atoms with Crippen LogP contribution in [0.25, 0.3) is 0 Å². The van der Waals surface area contributed by atoms with Crippen LogP contribution < -0.4 is 20.1 Å². The van der Waals surface area contributed by atoms with E-state index in [2.05, 4.69) is 20.4 Å². The molecule has 1 heterocycles. The predicted octanol–water partition coefficient (Wildman–Crippen LogP) is 3.92. The first-order valence-corrected chi connectivity index (χ1v) is 9.01. The van der Waals surface area contributed by atoms with Gasteiger partial charge in [-0.15, -0.1) is 11.3 Å². The van der Waals surface area contributed by atoms with E-state index in [0.29, 0.717) is 23.8 Å². The van der Waals surface area contributed by atoms with Crippen LogP contribution in [0.3, 0.4) is 0 Å². The second-order valence-electron chi connectivity index (χ2n) is 5.16. The van der Waals surface area contributed by atoms with Crippen molar-refractivity contribution >= 4 is 28.9 Å². The van der Waals surface area contributed by atoms with E-state index < -0.39 is 6.61 Å². The molecule has 9 heteroatoms. The Morgan fingerprint density at radius 3 is 2.69 bits per heavy atom. The number of nitrogens with zero attached hydrogens (tertiary/aromatic N) is 1. The lowest BCUT2D eigenvalue weighted by atomic mass is 10.2. The molecule has 142 valence electrons. The first kappa shape index (κ1) is 20.3. The van der Waals surface area contributed by atoms with Crippen molar-refractivity contribution < 1.29 is 18.3 Å². The fourth-order valence-corrected chi connectivity index (χ4v) is 3.31. The molecule has 0 atom stereocenters. The number of methoxy groups -OCH3 is 1. The molecule has 0 aliphatic carbocycles. The molecule has 0 amide bonds. The number of halogens is 3. The van der Waals surface area contributed by atoms with E-state index >= 15 is 0 Å². The lowest BCUT2D eigenvalue weighted by Crippen LogP contribution is -2.37. The van der Waals surface area contributed by atoms with Crippen molar-refractivity contribution in [2.45, 2.75) is 19.6 Å². The van der Waals surface area contributed by atoms with E-state index in [9.17, 15) is 8.78 Å². The summed E-state index contributed by atoms with van der Waals surface area (Å²) in [6.45, 7) is -1.98. The molecule has 1 aromatic carbocycles. The van der Waals surface area contributed by atoms with E-state index in [1.54, 1.807) is 19.2 Å². The summed E-state index contributed by atoms with van der Waals surface area (Å²) >= 11 is 7.44. The van der Waals surface area contributed by atoms with E-state index in [1.165, 1.54) is 29.4 Å². The minimum Gasteiger partial charge on any atom is -0.497 e. The zero-order valence-electron chi connectivity index (χ0n) is 14.4. The molecule has 1 aromatic heterocycles. The summed E-state index contributed by atoms with van der Waals surface area (Å²) in [6.07, 6.45) is 0.803. The van der Waals surface area contributed by atoms with Crippen LogP contribution in [0.15, 0.2) is 35.3 Å². The maximum atomic E-state index is 12.6. The topological polar surface area (TPSA) is 54.9 Å². The van der Waals surface area contributed by atoms with Crippen molar-refractivity contribution in [3.63, 3.8) is 0 Å². The van der Waals surface area contributed by atoms with Crippen LogP contribution in [0.2, 0.25) is 4.34 Å². The van der Waals surface area contributed by atoms with Crippen molar-refractivity contribution in [2.24, 2.45) is 4.99 Å². The highest BCUT2D eigenvalue weighted by Crippen LogP contribution is 2.25. The SMILES string of the molecule is CN=C(NCCc1ccc(Cl)s1)NCc1cc(OC)ccc1OC(F)F. The Bertz CT molecular complexity index is 741. The molecular weight excluding hydrogens is 384 g/mol. The molecule has 0 fully saturated rings. The fraction of sp³-hybridized carbons (Fsp3) is 0.353. The first-order valence-electron chi connectivity index (χ1n) is 7.82. The van der Waals surface area contributed by atoms with Crippen LogP contribution >= 0.6 is 22.9 Å². The molecule has 0 saturated carbocycles. The van der Waals surface area contributed by atoms with E-state index in [1.807, 2.05) is 12.1 Å². The Morgan fingerprint density at radius 1 is 1.27 bits per heavy atom. The van der Waals surface area contributed by atoms with E-state index in [4.69, 9.17) is 16.3 Å². The van der Waals surface area contributed by atoms with Gasteiger partial charge in [0.2, 0.25) is 0 Å². The first-order chi connectivity index (χ1) is 12.5. The number of ether oxygens (including phenoxy) is 2. The lowest BCUT2D eigenvalue weighted by Gasteiger charge is -2.15. The number of aliphatic imine (C=N–C) groups is 1. The second-order valence-corrected chi connectivity index (χ2v) is 6.96. The minimum atomic E-state index is -2.89. The van der Waals surface area contributed by atoms with Crippen molar-refractivity contribution in [1.29, 1.82) is 0 Å². The number of rotatable bonds is 8. The van der Waals surface area contributed by atoms with Gasteiger partial charge in [0.05, 0.1) is 11.4 Å². The van der Waals surface area contributed by atoms with Gasteiger partial charge in [0.25, 0.3) is 0 Å². The molecule has 5 nitrogen and oxygen atoms in total. The molecule has 0 spiro atoms. The van der Waals surface area contributed by atoms with Gasteiger partial charge in [0.15, 0.2) is 5.96 Å². The summed E-state index contributed by atoms with van der Waals surface area (Å²) in [5.41, 5.74) is 0.539. The van der Waals surface area contributed by atoms with Gasteiger partial charge in [0.1, 0.15) is 11.5 Å². The van der Waals surface area contributed by atoms with Crippen LogP contribution in [0, 0.1) is 0 Å². The van der Waals surface area contributed by atoms with Gasteiger partial charge in [-0.25, -0.2) is 0 Å². The smallest absolute Gasteiger partial charge is 0.387 e. The fourth-order valence-electron chi connectivity index (χ4n) is 2.22. The van der Waals surface area contributed by atoms with Crippen molar-refractivity contribution in [3.8, 4) is 11.5 Å². The lowest BCUT2D eigenvalue weighted by molar-refractivity contribution is -0.0504. The normalized spacial score (nSPS) is 11.5. The molecule has 2 N–H and O–H groups in total. The van der Waals surface area contributed by atoms with Gasteiger partial charge >= 0.3 is 6.61 Å². The molecule has 26 heavy (non-hydrogen) atoms. The van der Waals surface area contributed by atoms with Crippen molar-refractivity contribution in [1.82, 2.24) is 10.6 Å². The zero-order valence-corrected chi connectivity index (χ0v) is 16.0. The maximum absolute atomic E-state index is 12.6. The van der Waals surface area contributed by atoms with E-state index in [-0.39, 0.29) is 12.3 Å². The number of benzene rings is 1. The number of nitrogens with one attached hydrogen (secondary N) is 2. The second kappa shape index (κ2) is 10.2. The van der Waals surface area contributed by atoms with Gasteiger partial charge in [0, 0.05) is 30.6 Å². The largest absolute Gasteiger partial charge is 0.497 e. The Labute approximate surface area is 160 Å². The number of thiophene rings is 1. The maximum Gasteiger partial charge on any atom is 0.387 e. The standard InChI is InChI=1S/C17H20ClF2N3O2S/c1-21-17(22-8-7-13-4-6-15(18)26-13)23-10-11-9-12(24-2)3-5-14(11)25-16(19)20/h3-6,9,16H,7-8,10H2,1-2H3,(H2,21,22,23). The Morgan fingerprint density at radius 2 is 2.08 bits per heavy atom. The summed E-state index contributed by atoms with van der Waals surface area (Å²) in [5.74, 6) is 1.20. The quantitative estimate of drug-likeness (QED) is 0.518. The van der Waals surface area contributed by atoms with Crippen LogP contribution in [0.4, 0.5) is 8.78 Å². The molecule has 0 aliphatic heterocycles. The molecule has 0 bridgehead atoms. The molecule has 0 unspecified atom stereocenters. The van der Waals surface area contributed by atoms with Crippen LogP contribution in [-0.4, -0.2) is 33.3 Å². The van der Waals surface area contributed by atoms with Gasteiger partial charge in [-0.05, 0) is 36.8 Å². The molecule has 2 aromatic rings. The highest BCUT2D eigenvalue weighted by molar-refractivity contribution is 7.16. The van der Waals surface area contributed by atoms with Gasteiger partial charge in [-0.3, -0.25) is 4.99 Å². The highest BCUT2D eigenvalue weighted by atomic mass is 35.5. The van der Waals surface area contributed by atoms with Gasteiger partial charge in [-0.2, -0.15) is 8.78 Å². The number of guanidine groups is 1. The summed E-state index contributed by atoms with van der Waals surface area (Å²) in [6, 6.07) is 8.52. The van der Waals surface area contributed by atoms with Crippen molar-refractivity contribution in [2.75, 3.05) is 20.7 Å². The highest BCUT2D eigenvalue weighted by Gasteiger charge is 2.11. The summed E-state index contributed by atoms with van der Waals surface area (Å²) in [4.78, 5) is 5.29. The monoisotopic (exact) mass is 403 g/mol. The predicted molar refractivity (Wildman–Crippen MR) is 101 cm³/mol. The Kier molecular flexibility index (Phi) is 7.93. The molecule has 0 radical (unpaired) electrons. The van der Waals surface area contributed by atoms with Gasteiger partial charge < -0.3 is 20.1 Å². The third-order valence-electron chi connectivity index (χ3n) is 3.45.